The normalized spacial score (nSPS) is 11.8. The van der Waals surface area contributed by atoms with E-state index in [0.29, 0.717) is 18.3 Å². The van der Waals surface area contributed by atoms with Gasteiger partial charge in [0.1, 0.15) is 5.82 Å². The molecule has 1 atom stereocenters. The van der Waals surface area contributed by atoms with Gasteiger partial charge in [-0.1, -0.05) is 6.07 Å². The highest BCUT2D eigenvalue weighted by molar-refractivity contribution is 5.63. The first kappa shape index (κ1) is 16.8. The molecular weight excluding hydrogens is 316 g/mol. The molecule has 0 bridgehead atoms. The predicted molar refractivity (Wildman–Crippen MR) is 97.0 cm³/mol. The highest BCUT2D eigenvalue weighted by Gasteiger charge is 2.09. The van der Waals surface area contributed by atoms with Crippen LogP contribution in [0.3, 0.4) is 0 Å². The van der Waals surface area contributed by atoms with Gasteiger partial charge in [-0.15, -0.1) is 0 Å². The molecule has 0 aliphatic heterocycles. The lowest BCUT2D eigenvalue weighted by atomic mass is 10.2. The average Bonchev–Trinajstić information content (AvgIpc) is 2.67. The standard InChI is InChI=1S/C18H20N6O/c1-13(12-25)22-18-23-16(14-5-8-19-9-6-14)10-17(24-18)21-11-15-4-2-3-7-20-15/h2-10,13,25H,11-12H2,1H3,(H2,21,22,23,24)/t13-/m0/s1. The zero-order valence-electron chi connectivity index (χ0n) is 13.9. The van der Waals surface area contributed by atoms with Gasteiger partial charge in [0.15, 0.2) is 0 Å². The van der Waals surface area contributed by atoms with E-state index in [-0.39, 0.29) is 12.6 Å². The van der Waals surface area contributed by atoms with Crippen molar-refractivity contribution in [3.05, 3.63) is 60.7 Å². The van der Waals surface area contributed by atoms with Crippen LogP contribution in [0.25, 0.3) is 11.3 Å². The second kappa shape index (κ2) is 8.16. The van der Waals surface area contributed by atoms with E-state index in [1.165, 1.54) is 0 Å². The lowest BCUT2D eigenvalue weighted by Crippen LogP contribution is -2.21. The van der Waals surface area contributed by atoms with Crippen molar-refractivity contribution in [2.75, 3.05) is 17.2 Å². The second-order valence-corrected chi connectivity index (χ2v) is 5.60. The van der Waals surface area contributed by atoms with Gasteiger partial charge in [-0.3, -0.25) is 9.97 Å². The third-order valence-electron chi connectivity index (χ3n) is 3.53. The molecule has 0 saturated carbocycles. The van der Waals surface area contributed by atoms with Crippen LogP contribution < -0.4 is 10.6 Å². The first-order valence-electron chi connectivity index (χ1n) is 8.05. The molecule has 0 aromatic carbocycles. The Morgan fingerprint density at radius 1 is 1.08 bits per heavy atom. The summed E-state index contributed by atoms with van der Waals surface area (Å²) >= 11 is 0. The van der Waals surface area contributed by atoms with Crippen molar-refractivity contribution in [1.29, 1.82) is 0 Å². The zero-order valence-corrected chi connectivity index (χ0v) is 13.9. The van der Waals surface area contributed by atoms with Crippen LogP contribution in [-0.4, -0.2) is 37.7 Å². The lowest BCUT2D eigenvalue weighted by molar-refractivity contribution is 0.281. The molecule has 0 aliphatic rings. The molecule has 128 valence electrons. The van der Waals surface area contributed by atoms with Crippen LogP contribution in [0, 0.1) is 0 Å². The maximum atomic E-state index is 9.25. The zero-order chi connectivity index (χ0) is 17.5. The summed E-state index contributed by atoms with van der Waals surface area (Å²) in [5, 5.41) is 15.6. The number of aliphatic hydroxyl groups is 1. The number of hydrogen-bond donors (Lipinski definition) is 3. The molecule has 0 amide bonds. The number of hydrogen-bond acceptors (Lipinski definition) is 7. The molecule has 0 fully saturated rings. The maximum absolute atomic E-state index is 9.25. The van der Waals surface area contributed by atoms with E-state index >= 15 is 0 Å². The Morgan fingerprint density at radius 3 is 2.64 bits per heavy atom. The van der Waals surface area contributed by atoms with Crippen LogP contribution in [0.4, 0.5) is 11.8 Å². The third kappa shape index (κ3) is 4.71. The quantitative estimate of drug-likeness (QED) is 0.609. The molecule has 0 aliphatic carbocycles. The molecule has 7 heteroatoms. The Morgan fingerprint density at radius 2 is 1.92 bits per heavy atom. The number of nitrogens with zero attached hydrogens (tertiary/aromatic N) is 4. The van der Waals surface area contributed by atoms with Crippen molar-refractivity contribution in [2.45, 2.75) is 19.5 Å². The van der Waals surface area contributed by atoms with E-state index in [0.717, 1.165) is 17.0 Å². The van der Waals surface area contributed by atoms with Gasteiger partial charge in [0.2, 0.25) is 5.95 Å². The van der Waals surface area contributed by atoms with Gasteiger partial charge in [0.05, 0.1) is 24.5 Å². The second-order valence-electron chi connectivity index (χ2n) is 5.60. The Balaban J connectivity index is 1.86. The molecule has 0 radical (unpaired) electrons. The summed E-state index contributed by atoms with van der Waals surface area (Å²) in [4.78, 5) is 17.3. The number of aliphatic hydroxyl groups excluding tert-OH is 1. The Bertz CT molecular complexity index is 797. The van der Waals surface area contributed by atoms with Crippen molar-refractivity contribution in [3.8, 4) is 11.3 Å². The number of anilines is 2. The van der Waals surface area contributed by atoms with Crippen LogP contribution in [-0.2, 0) is 6.54 Å². The van der Waals surface area contributed by atoms with Gasteiger partial charge in [0, 0.05) is 36.3 Å². The van der Waals surface area contributed by atoms with E-state index in [1.54, 1.807) is 18.6 Å². The number of pyridine rings is 2. The molecule has 3 aromatic rings. The largest absolute Gasteiger partial charge is 0.394 e. The summed E-state index contributed by atoms with van der Waals surface area (Å²) in [5.74, 6) is 1.14. The fourth-order valence-electron chi connectivity index (χ4n) is 2.22. The monoisotopic (exact) mass is 336 g/mol. The van der Waals surface area contributed by atoms with Crippen molar-refractivity contribution < 1.29 is 5.11 Å². The summed E-state index contributed by atoms with van der Waals surface area (Å²) in [5.41, 5.74) is 2.64. The van der Waals surface area contributed by atoms with Crippen LogP contribution in [0.1, 0.15) is 12.6 Å². The molecule has 0 spiro atoms. The fraction of sp³-hybridized carbons (Fsp3) is 0.222. The van der Waals surface area contributed by atoms with Crippen LogP contribution in [0.15, 0.2) is 55.0 Å². The van der Waals surface area contributed by atoms with E-state index in [9.17, 15) is 5.11 Å². The summed E-state index contributed by atoms with van der Waals surface area (Å²) in [6.07, 6.45) is 5.21. The maximum Gasteiger partial charge on any atom is 0.225 e. The highest BCUT2D eigenvalue weighted by Crippen LogP contribution is 2.21. The molecular formula is C18H20N6O. The van der Waals surface area contributed by atoms with Crippen molar-refractivity contribution in [3.63, 3.8) is 0 Å². The summed E-state index contributed by atoms with van der Waals surface area (Å²) in [6, 6.07) is 11.3. The Labute approximate surface area is 146 Å². The molecule has 3 rings (SSSR count). The molecule has 0 saturated heterocycles. The van der Waals surface area contributed by atoms with Gasteiger partial charge < -0.3 is 15.7 Å². The van der Waals surface area contributed by atoms with Gasteiger partial charge in [-0.2, -0.15) is 4.98 Å². The molecule has 3 aromatic heterocycles. The molecule has 3 heterocycles. The smallest absolute Gasteiger partial charge is 0.225 e. The number of aromatic nitrogens is 4. The molecule has 3 N–H and O–H groups in total. The van der Waals surface area contributed by atoms with E-state index in [1.807, 2.05) is 43.3 Å². The number of rotatable bonds is 7. The third-order valence-corrected chi connectivity index (χ3v) is 3.53. The van der Waals surface area contributed by atoms with Gasteiger partial charge >= 0.3 is 0 Å². The first-order chi connectivity index (χ1) is 12.2. The van der Waals surface area contributed by atoms with E-state index in [2.05, 4.69) is 30.6 Å². The summed E-state index contributed by atoms with van der Waals surface area (Å²) in [7, 11) is 0. The Kier molecular flexibility index (Phi) is 5.48. The summed E-state index contributed by atoms with van der Waals surface area (Å²) < 4.78 is 0. The van der Waals surface area contributed by atoms with E-state index in [4.69, 9.17) is 0 Å². The van der Waals surface area contributed by atoms with Gasteiger partial charge in [0.25, 0.3) is 0 Å². The topological polar surface area (TPSA) is 95.8 Å². The predicted octanol–water partition coefficient (Wildman–Crippen LogP) is 2.34. The minimum absolute atomic E-state index is 0.000455. The Hall–Kier alpha value is -3.06. The summed E-state index contributed by atoms with van der Waals surface area (Å²) in [6.45, 7) is 2.42. The minimum atomic E-state index is -0.142. The minimum Gasteiger partial charge on any atom is -0.394 e. The first-order valence-corrected chi connectivity index (χ1v) is 8.05. The SMILES string of the molecule is C[C@@H](CO)Nc1nc(NCc2ccccn2)cc(-c2ccncc2)n1. The van der Waals surface area contributed by atoms with E-state index < -0.39 is 0 Å². The lowest BCUT2D eigenvalue weighted by Gasteiger charge is -2.14. The average molecular weight is 336 g/mol. The highest BCUT2D eigenvalue weighted by atomic mass is 16.3. The van der Waals surface area contributed by atoms with Crippen molar-refractivity contribution >= 4 is 11.8 Å². The van der Waals surface area contributed by atoms with Crippen molar-refractivity contribution in [2.24, 2.45) is 0 Å². The van der Waals surface area contributed by atoms with Crippen molar-refractivity contribution in [1.82, 2.24) is 19.9 Å². The fourth-order valence-corrected chi connectivity index (χ4v) is 2.22. The molecule has 0 unspecified atom stereocenters. The van der Waals surface area contributed by atoms with Crippen LogP contribution in [0.5, 0.6) is 0 Å². The van der Waals surface area contributed by atoms with Crippen LogP contribution >= 0.6 is 0 Å². The van der Waals surface area contributed by atoms with Gasteiger partial charge in [-0.05, 0) is 31.2 Å². The van der Waals surface area contributed by atoms with Crippen LogP contribution in [0.2, 0.25) is 0 Å². The number of nitrogens with one attached hydrogen (secondary N) is 2. The molecule has 25 heavy (non-hydrogen) atoms. The van der Waals surface area contributed by atoms with Gasteiger partial charge in [-0.25, -0.2) is 4.98 Å². The molecule has 7 nitrogen and oxygen atoms in total.